The number of primary amides is 1. The summed E-state index contributed by atoms with van der Waals surface area (Å²) in [4.78, 5) is 17.9. The molecule has 98 valence electrons. The maximum atomic E-state index is 11.5. The minimum atomic E-state index is -0.448. The van der Waals surface area contributed by atoms with Crippen molar-refractivity contribution in [2.45, 2.75) is 25.8 Å². The Morgan fingerprint density at radius 3 is 2.72 bits per heavy atom. The first-order chi connectivity index (χ1) is 8.54. The fourth-order valence-corrected chi connectivity index (χ4v) is 2.31. The average molecular weight is 248 g/mol. The van der Waals surface area contributed by atoms with Crippen LogP contribution in [0, 0.1) is 12.8 Å². The molecule has 1 aliphatic carbocycles. The van der Waals surface area contributed by atoms with Gasteiger partial charge in [-0.2, -0.15) is 0 Å². The Morgan fingerprint density at radius 1 is 1.56 bits per heavy atom. The van der Waals surface area contributed by atoms with Crippen molar-refractivity contribution in [3.8, 4) is 0 Å². The molecular weight excluding hydrogens is 228 g/mol. The summed E-state index contributed by atoms with van der Waals surface area (Å²) in [6, 6.07) is 3.76. The van der Waals surface area contributed by atoms with E-state index in [1.807, 2.05) is 18.9 Å². The molecule has 1 saturated carbocycles. The molecule has 1 unspecified atom stereocenters. The third kappa shape index (κ3) is 2.46. The molecule has 0 saturated heterocycles. The van der Waals surface area contributed by atoms with Crippen molar-refractivity contribution in [2.75, 3.05) is 18.5 Å². The molecule has 1 aliphatic rings. The van der Waals surface area contributed by atoms with Gasteiger partial charge in [0.1, 0.15) is 5.82 Å². The van der Waals surface area contributed by atoms with E-state index in [1.165, 1.54) is 12.8 Å². The first-order valence-corrected chi connectivity index (χ1v) is 6.25. The molecule has 1 aromatic heterocycles. The quantitative estimate of drug-likeness (QED) is 0.801. The molecule has 0 bridgehead atoms. The van der Waals surface area contributed by atoms with Gasteiger partial charge < -0.3 is 16.4 Å². The van der Waals surface area contributed by atoms with Gasteiger partial charge in [-0.05, 0) is 37.8 Å². The molecule has 1 fully saturated rings. The first-order valence-electron chi connectivity index (χ1n) is 6.25. The number of aromatic nitrogens is 1. The topological polar surface area (TPSA) is 85.2 Å². The predicted molar refractivity (Wildman–Crippen MR) is 71.5 cm³/mol. The molecule has 0 aliphatic heterocycles. The second-order valence-electron chi connectivity index (χ2n) is 4.94. The maximum Gasteiger partial charge on any atom is 0.252 e. The molecule has 0 spiro atoms. The van der Waals surface area contributed by atoms with Gasteiger partial charge in [-0.25, -0.2) is 4.98 Å². The van der Waals surface area contributed by atoms with Gasteiger partial charge in [-0.3, -0.25) is 4.79 Å². The van der Waals surface area contributed by atoms with E-state index in [-0.39, 0.29) is 6.04 Å². The Labute approximate surface area is 107 Å². The van der Waals surface area contributed by atoms with Crippen LogP contribution in [0.4, 0.5) is 5.82 Å². The van der Waals surface area contributed by atoms with Crippen LogP contribution in [0.15, 0.2) is 12.1 Å². The summed E-state index contributed by atoms with van der Waals surface area (Å²) in [7, 11) is 1.93. The zero-order chi connectivity index (χ0) is 13.3. The van der Waals surface area contributed by atoms with Gasteiger partial charge in [0.05, 0.1) is 5.56 Å². The largest absolute Gasteiger partial charge is 0.365 e. The fraction of sp³-hybridized carbons (Fsp3) is 0.538. The number of likely N-dealkylation sites (N-methyl/N-ethyl adjacent to an activating group) is 1. The van der Waals surface area contributed by atoms with Crippen molar-refractivity contribution in [3.05, 3.63) is 23.4 Å². The molecule has 1 atom stereocenters. The predicted octanol–water partition coefficient (Wildman–Crippen LogP) is 0.662. The van der Waals surface area contributed by atoms with E-state index < -0.39 is 5.91 Å². The molecular formula is C13H20N4O. The summed E-state index contributed by atoms with van der Waals surface area (Å²) in [6.45, 7) is 2.46. The molecule has 5 heteroatoms. The van der Waals surface area contributed by atoms with Gasteiger partial charge in [-0.1, -0.05) is 0 Å². The second-order valence-corrected chi connectivity index (χ2v) is 4.94. The number of anilines is 1. The second kappa shape index (κ2) is 4.94. The van der Waals surface area contributed by atoms with E-state index >= 15 is 0 Å². The SMILES string of the molecule is Cc1ccc(C(N)=O)c(N(C)C(CN)C2CC2)n1. The molecule has 1 heterocycles. The Hall–Kier alpha value is -1.62. The van der Waals surface area contributed by atoms with Crippen molar-refractivity contribution in [2.24, 2.45) is 17.4 Å². The van der Waals surface area contributed by atoms with Gasteiger partial charge in [-0.15, -0.1) is 0 Å². The van der Waals surface area contributed by atoms with Gasteiger partial charge in [0.15, 0.2) is 0 Å². The van der Waals surface area contributed by atoms with Gasteiger partial charge >= 0.3 is 0 Å². The summed E-state index contributed by atoms with van der Waals surface area (Å²) in [5, 5.41) is 0. The van der Waals surface area contributed by atoms with Crippen molar-refractivity contribution in [1.82, 2.24) is 4.98 Å². The maximum absolute atomic E-state index is 11.5. The lowest BCUT2D eigenvalue weighted by Crippen LogP contribution is -2.41. The molecule has 1 aromatic rings. The number of nitrogens with two attached hydrogens (primary N) is 2. The lowest BCUT2D eigenvalue weighted by atomic mass is 10.1. The van der Waals surface area contributed by atoms with Crippen LogP contribution < -0.4 is 16.4 Å². The van der Waals surface area contributed by atoms with Crippen LogP contribution in [0.1, 0.15) is 28.9 Å². The summed E-state index contributed by atoms with van der Waals surface area (Å²) in [5.74, 6) is 0.809. The number of rotatable bonds is 5. The van der Waals surface area contributed by atoms with Crippen LogP contribution in [0.2, 0.25) is 0 Å². The molecule has 0 radical (unpaired) electrons. The third-order valence-electron chi connectivity index (χ3n) is 3.52. The summed E-state index contributed by atoms with van der Waals surface area (Å²) < 4.78 is 0. The number of hydrogen-bond acceptors (Lipinski definition) is 4. The monoisotopic (exact) mass is 248 g/mol. The van der Waals surface area contributed by atoms with Crippen LogP contribution in [-0.2, 0) is 0 Å². The third-order valence-corrected chi connectivity index (χ3v) is 3.52. The van der Waals surface area contributed by atoms with Crippen molar-refractivity contribution in [1.29, 1.82) is 0 Å². The Morgan fingerprint density at radius 2 is 2.22 bits per heavy atom. The number of carbonyl (C=O) groups excluding carboxylic acids is 1. The normalized spacial score (nSPS) is 16.4. The van der Waals surface area contributed by atoms with Gasteiger partial charge in [0.25, 0.3) is 5.91 Å². The molecule has 2 rings (SSSR count). The van der Waals surface area contributed by atoms with Crippen molar-refractivity contribution < 1.29 is 4.79 Å². The Balaban J connectivity index is 2.35. The summed E-state index contributed by atoms with van der Waals surface area (Å²) in [5.41, 5.74) is 12.6. The highest BCUT2D eigenvalue weighted by Gasteiger charge is 2.34. The van der Waals surface area contributed by atoms with Crippen LogP contribution in [0.3, 0.4) is 0 Å². The molecule has 0 aromatic carbocycles. The van der Waals surface area contributed by atoms with E-state index in [0.29, 0.717) is 23.8 Å². The first kappa shape index (κ1) is 12.8. The number of hydrogen-bond donors (Lipinski definition) is 2. The standard InChI is InChI=1S/C13H20N4O/c1-8-3-6-10(12(15)18)13(16-8)17(2)11(7-14)9-4-5-9/h3,6,9,11H,4-5,7,14H2,1-2H3,(H2,15,18). The minimum absolute atomic E-state index is 0.234. The van der Waals surface area contributed by atoms with E-state index in [0.717, 1.165) is 5.69 Å². The van der Waals surface area contributed by atoms with Gasteiger partial charge in [0, 0.05) is 25.3 Å². The van der Waals surface area contributed by atoms with Crippen molar-refractivity contribution >= 4 is 11.7 Å². The number of amides is 1. The number of nitrogens with zero attached hydrogens (tertiary/aromatic N) is 2. The Kier molecular flexibility index (Phi) is 3.52. The highest BCUT2D eigenvalue weighted by atomic mass is 16.1. The highest BCUT2D eigenvalue weighted by molar-refractivity contribution is 5.97. The zero-order valence-electron chi connectivity index (χ0n) is 10.9. The number of aryl methyl sites for hydroxylation is 1. The molecule has 18 heavy (non-hydrogen) atoms. The molecule has 5 nitrogen and oxygen atoms in total. The van der Waals surface area contributed by atoms with E-state index in [1.54, 1.807) is 12.1 Å². The zero-order valence-corrected chi connectivity index (χ0v) is 10.9. The number of carbonyl (C=O) groups is 1. The summed E-state index contributed by atoms with van der Waals surface area (Å²) in [6.07, 6.45) is 2.40. The lowest BCUT2D eigenvalue weighted by Gasteiger charge is -2.29. The molecule has 1 amide bonds. The van der Waals surface area contributed by atoms with E-state index in [9.17, 15) is 4.79 Å². The molecule has 4 N–H and O–H groups in total. The Bertz CT molecular complexity index is 456. The average Bonchev–Trinajstić information content (AvgIpc) is 3.13. The van der Waals surface area contributed by atoms with Crippen LogP contribution in [0.25, 0.3) is 0 Å². The summed E-state index contributed by atoms with van der Waals surface area (Å²) >= 11 is 0. The smallest absolute Gasteiger partial charge is 0.252 e. The van der Waals surface area contributed by atoms with E-state index in [4.69, 9.17) is 11.5 Å². The fourth-order valence-electron chi connectivity index (χ4n) is 2.31. The van der Waals surface area contributed by atoms with E-state index in [2.05, 4.69) is 4.98 Å². The van der Waals surface area contributed by atoms with Gasteiger partial charge in [0.2, 0.25) is 0 Å². The van der Waals surface area contributed by atoms with Crippen LogP contribution in [0.5, 0.6) is 0 Å². The van der Waals surface area contributed by atoms with Crippen LogP contribution in [-0.4, -0.2) is 30.5 Å². The lowest BCUT2D eigenvalue weighted by molar-refractivity contribution is 0.100. The number of pyridine rings is 1. The minimum Gasteiger partial charge on any atom is -0.365 e. The highest BCUT2D eigenvalue weighted by Crippen LogP contribution is 2.36. The van der Waals surface area contributed by atoms with Crippen molar-refractivity contribution in [3.63, 3.8) is 0 Å². The van der Waals surface area contributed by atoms with Crippen LogP contribution >= 0.6 is 0 Å².